The minimum atomic E-state index is -3.09. The number of hydrogen-bond donors (Lipinski definition) is 2. The molecule has 0 spiro atoms. The number of nitrogens with zero attached hydrogens (tertiary/aromatic N) is 2. The Kier molecular flexibility index (Phi) is 11.0. The molecule has 1 aromatic rings. The molecule has 1 heterocycles. The van der Waals surface area contributed by atoms with Crippen molar-refractivity contribution in [2.75, 3.05) is 51.5 Å². The van der Waals surface area contributed by atoms with Gasteiger partial charge < -0.3 is 20.1 Å². The fraction of sp³-hybridized carbons (Fsp3) is 0.632. The van der Waals surface area contributed by atoms with Crippen LogP contribution in [0.25, 0.3) is 0 Å². The van der Waals surface area contributed by atoms with Gasteiger partial charge in [-0.15, -0.1) is 24.0 Å². The van der Waals surface area contributed by atoms with Crippen molar-refractivity contribution >= 4 is 45.6 Å². The van der Waals surface area contributed by atoms with Crippen LogP contribution in [-0.4, -0.2) is 64.8 Å². The molecule has 1 aliphatic heterocycles. The summed E-state index contributed by atoms with van der Waals surface area (Å²) in [6.07, 6.45) is 2.92. The molecule has 0 saturated carbocycles. The Morgan fingerprint density at radius 3 is 2.48 bits per heavy atom. The van der Waals surface area contributed by atoms with Crippen LogP contribution in [0.1, 0.15) is 26.7 Å². The van der Waals surface area contributed by atoms with Crippen molar-refractivity contribution in [3.63, 3.8) is 0 Å². The summed E-state index contributed by atoms with van der Waals surface area (Å²) in [4.78, 5) is 4.69. The van der Waals surface area contributed by atoms with Crippen LogP contribution in [0.4, 0.5) is 5.69 Å². The molecule has 0 aliphatic carbocycles. The van der Waals surface area contributed by atoms with Gasteiger partial charge in [0, 0.05) is 37.9 Å². The topological polar surface area (TPSA) is 92.3 Å². The summed E-state index contributed by atoms with van der Waals surface area (Å²) in [6.45, 7) is 7.06. The molecule has 1 aliphatic rings. The average molecular weight is 540 g/mol. The van der Waals surface area contributed by atoms with Gasteiger partial charge in [-0.3, -0.25) is 4.99 Å². The molecule has 29 heavy (non-hydrogen) atoms. The minimum Gasteiger partial charge on any atom is -0.493 e. The van der Waals surface area contributed by atoms with E-state index in [4.69, 9.17) is 9.47 Å². The minimum absolute atomic E-state index is 0. The van der Waals surface area contributed by atoms with Gasteiger partial charge >= 0.3 is 0 Å². The Bertz CT molecular complexity index is 765. The second kappa shape index (κ2) is 12.4. The molecule has 0 unspecified atom stereocenters. The number of nitrogens with one attached hydrogen (secondary N) is 2. The van der Waals surface area contributed by atoms with Gasteiger partial charge in [-0.25, -0.2) is 12.7 Å². The molecule has 166 valence electrons. The zero-order chi connectivity index (χ0) is 20.6. The number of rotatable bonds is 8. The highest BCUT2D eigenvalue weighted by molar-refractivity contribution is 14.0. The van der Waals surface area contributed by atoms with Crippen LogP contribution in [0.15, 0.2) is 23.2 Å². The van der Waals surface area contributed by atoms with Gasteiger partial charge in [-0.05, 0) is 44.7 Å². The van der Waals surface area contributed by atoms with E-state index in [9.17, 15) is 8.42 Å². The number of halogens is 1. The van der Waals surface area contributed by atoms with Gasteiger partial charge in [0.05, 0.1) is 20.0 Å². The van der Waals surface area contributed by atoms with E-state index in [0.717, 1.165) is 25.1 Å². The molecule has 0 atom stereocenters. The predicted molar refractivity (Wildman–Crippen MR) is 128 cm³/mol. The van der Waals surface area contributed by atoms with E-state index in [1.807, 2.05) is 32.0 Å². The summed E-state index contributed by atoms with van der Waals surface area (Å²) in [5, 5.41) is 6.54. The second-order valence-corrected chi connectivity index (χ2v) is 8.73. The summed E-state index contributed by atoms with van der Waals surface area (Å²) in [5.74, 6) is 2.44. The highest BCUT2D eigenvalue weighted by Gasteiger charge is 2.24. The monoisotopic (exact) mass is 540 g/mol. The summed E-state index contributed by atoms with van der Waals surface area (Å²) >= 11 is 0. The molecule has 0 aromatic heterocycles. The van der Waals surface area contributed by atoms with Crippen LogP contribution < -0.4 is 20.1 Å². The first kappa shape index (κ1) is 25.8. The van der Waals surface area contributed by atoms with Crippen molar-refractivity contribution in [2.45, 2.75) is 26.7 Å². The third-order valence-corrected chi connectivity index (χ3v) is 5.92. The van der Waals surface area contributed by atoms with Crippen LogP contribution in [0.3, 0.4) is 0 Å². The molecule has 8 nitrogen and oxygen atoms in total. The number of sulfonamides is 1. The van der Waals surface area contributed by atoms with E-state index in [0.29, 0.717) is 49.6 Å². The van der Waals surface area contributed by atoms with E-state index in [1.54, 1.807) is 11.4 Å². The molecule has 2 rings (SSSR count). The molecule has 0 bridgehead atoms. The SMILES string of the molecule is CCNC(=NCC1CCN(S(C)(=O)=O)CC1)Nc1ccc(OCC)c(OC)c1.I. The summed E-state index contributed by atoms with van der Waals surface area (Å²) < 4.78 is 35.7. The second-order valence-electron chi connectivity index (χ2n) is 6.75. The van der Waals surface area contributed by atoms with Crippen molar-refractivity contribution < 1.29 is 17.9 Å². The maximum atomic E-state index is 11.6. The first-order valence-corrected chi connectivity index (χ1v) is 11.5. The van der Waals surface area contributed by atoms with Gasteiger partial charge in [0.1, 0.15) is 0 Å². The van der Waals surface area contributed by atoms with E-state index < -0.39 is 10.0 Å². The van der Waals surface area contributed by atoms with Crippen molar-refractivity contribution in [3.05, 3.63) is 18.2 Å². The summed E-state index contributed by atoms with van der Waals surface area (Å²) in [6, 6.07) is 5.67. The molecule has 10 heteroatoms. The fourth-order valence-corrected chi connectivity index (χ4v) is 3.98. The van der Waals surface area contributed by atoms with Gasteiger partial charge in [0.25, 0.3) is 0 Å². The molecular formula is C19H33IN4O4S. The first-order chi connectivity index (χ1) is 13.4. The highest BCUT2D eigenvalue weighted by Crippen LogP contribution is 2.30. The summed E-state index contributed by atoms with van der Waals surface area (Å²) in [7, 11) is -1.48. The predicted octanol–water partition coefficient (Wildman–Crippen LogP) is 2.76. The highest BCUT2D eigenvalue weighted by atomic mass is 127. The normalized spacial score (nSPS) is 16.1. The van der Waals surface area contributed by atoms with Crippen molar-refractivity contribution in [3.8, 4) is 11.5 Å². The molecule has 0 amide bonds. The number of methoxy groups -OCH3 is 1. The van der Waals surface area contributed by atoms with Gasteiger partial charge in [0.15, 0.2) is 17.5 Å². The zero-order valence-electron chi connectivity index (χ0n) is 17.6. The van der Waals surface area contributed by atoms with Crippen molar-refractivity contribution in [2.24, 2.45) is 10.9 Å². The van der Waals surface area contributed by atoms with E-state index in [2.05, 4.69) is 15.6 Å². The number of benzene rings is 1. The van der Waals surface area contributed by atoms with E-state index >= 15 is 0 Å². The molecule has 1 fully saturated rings. The summed E-state index contributed by atoms with van der Waals surface area (Å²) in [5.41, 5.74) is 0.854. The van der Waals surface area contributed by atoms with Gasteiger partial charge in [-0.2, -0.15) is 0 Å². The van der Waals surface area contributed by atoms with E-state index in [1.165, 1.54) is 6.26 Å². The molecule has 1 aromatic carbocycles. The Labute approximate surface area is 191 Å². The van der Waals surface area contributed by atoms with Crippen molar-refractivity contribution in [1.29, 1.82) is 0 Å². The maximum Gasteiger partial charge on any atom is 0.211 e. The third kappa shape index (κ3) is 8.17. The fourth-order valence-electron chi connectivity index (χ4n) is 3.11. The number of guanidine groups is 1. The van der Waals surface area contributed by atoms with Crippen LogP contribution in [0.5, 0.6) is 11.5 Å². The van der Waals surface area contributed by atoms with E-state index in [-0.39, 0.29) is 24.0 Å². The maximum absolute atomic E-state index is 11.6. The van der Waals surface area contributed by atoms with Crippen molar-refractivity contribution in [1.82, 2.24) is 9.62 Å². The smallest absolute Gasteiger partial charge is 0.211 e. The Morgan fingerprint density at radius 1 is 1.24 bits per heavy atom. The Hall–Kier alpha value is -1.27. The lowest BCUT2D eigenvalue weighted by atomic mass is 9.98. The molecule has 0 radical (unpaired) electrons. The van der Waals surface area contributed by atoms with Gasteiger partial charge in [0.2, 0.25) is 10.0 Å². The zero-order valence-corrected chi connectivity index (χ0v) is 20.7. The van der Waals surface area contributed by atoms with Crippen LogP contribution >= 0.6 is 24.0 Å². The number of ether oxygens (including phenoxy) is 2. The molecular weight excluding hydrogens is 507 g/mol. The number of anilines is 1. The molecule has 2 N–H and O–H groups in total. The molecule has 1 saturated heterocycles. The number of aliphatic imine (C=N–C) groups is 1. The standard InChI is InChI=1S/C19H32N4O4S.HI/c1-5-20-19(21-14-15-9-11-23(12-10-15)28(4,24)25)22-16-7-8-17(27-6-2)18(13-16)26-3;/h7-8,13,15H,5-6,9-12,14H2,1-4H3,(H2,20,21,22);1H. The van der Waals surface area contributed by atoms with Crippen LogP contribution in [0, 0.1) is 5.92 Å². The Morgan fingerprint density at radius 2 is 1.93 bits per heavy atom. The first-order valence-electron chi connectivity index (χ1n) is 9.68. The van der Waals surface area contributed by atoms with Gasteiger partial charge in [-0.1, -0.05) is 0 Å². The van der Waals surface area contributed by atoms with Crippen LogP contribution in [0.2, 0.25) is 0 Å². The number of piperidine rings is 1. The quantitative estimate of drug-likeness (QED) is 0.300. The Balaban J connectivity index is 0.00000420. The number of hydrogen-bond acceptors (Lipinski definition) is 5. The lowest BCUT2D eigenvalue weighted by Crippen LogP contribution is -2.38. The average Bonchev–Trinajstić information content (AvgIpc) is 2.67. The largest absolute Gasteiger partial charge is 0.493 e. The lowest BCUT2D eigenvalue weighted by molar-refractivity contribution is 0.280. The van der Waals surface area contributed by atoms with Crippen LogP contribution in [-0.2, 0) is 10.0 Å². The third-order valence-electron chi connectivity index (χ3n) is 4.62. The lowest BCUT2D eigenvalue weighted by Gasteiger charge is -2.29.